The number of aromatic nitrogens is 2. The van der Waals surface area contributed by atoms with Crippen molar-refractivity contribution >= 4 is 20.6 Å². The topological polar surface area (TPSA) is 143 Å². The summed E-state index contributed by atoms with van der Waals surface area (Å²) >= 11 is 0. The molecule has 0 aromatic carbocycles. The first-order chi connectivity index (χ1) is 16.0. The molecule has 1 aromatic rings. The van der Waals surface area contributed by atoms with E-state index in [1.807, 2.05) is 44.8 Å². The molecule has 4 atom stereocenters. The second-order valence-corrected chi connectivity index (χ2v) is 14.3. The summed E-state index contributed by atoms with van der Waals surface area (Å²) in [5.74, 6) is 1.70. The van der Waals surface area contributed by atoms with E-state index >= 15 is 0 Å². The van der Waals surface area contributed by atoms with Gasteiger partial charge in [-0.3, -0.25) is 23.9 Å². The summed E-state index contributed by atoms with van der Waals surface area (Å²) in [6, 6.07) is -2.21. The second kappa shape index (κ2) is 10.5. The maximum atomic E-state index is 12.5. The molecule has 1 aromatic heterocycles. The van der Waals surface area contributed by atoms with Gasteiger partial charge in [0.05, 0.1) is 6.61 Å². The van der Waals surface area contributed by atoms with Crippen LogP contribution in [0.15, 0.2) is 15.8 Å². The zero-order valence-electron chi connectivity index (χ0n) is 19.9. The van der Waals surface area contributed by atoms with Crippen LogP contribution in [0.1, 0.15) is 39.0 Å². The van der Waals surface area contributed by atoms with Crippen LogP contribution in [0.4, 0.5) is 13.2 Å². The normalized spacial score (nSPS) is 21.7. The van der Waals surface area contributed by atoms with Gasteiger partial charge in [-0.25, -0.2) is 4.79 Å². The molecular weight excluding hydrogens is 491 g/mol. The van der Waals surface area contributed by atoms with Crippen molar-refractivity contribution in [3.63, 3.8) is 0 Å². The van der Waals surface area contributed by atoms with Crippen molar-refractivity contribution in [2.24, 2.45) is 5.73 Å². The van der Waals surface area contributed by atoms with Gasteiger partial charge in [0, 0.05) is 12.6 Å². The molecule has 2 heterocycles. The predicted molar refractivity (Wildman–Crippen MR) is 120 cm³/mol. The van der Waals surface area contributed by atoms with Crippen LogP contribution in [-0.4, -0.2) is 61.2 Å². The Balaban J connectivity index is 2.30. The maximum Gasteiger partial charge on any atom is 0.452 e. The maximum absolute atomic E-state index is 12.5. The third-order valence-electron chi connectivity index (χ3n) is 6.03. The van der Waals surface area contributed by atoms with E-state index in [0.717, 1.165) is 10.8 Å². The van der Waals surface area contributed by atoms with E-state index < -0.39 is 61.6 Å². The lowest BCUT2D eigenvalue weighted by atomic mass is 10.2. The molecule has 1 aliphatic rings. The molecule has 1 saturated heterocycles. The number of hydrogen-bond donors (Lipinski definition) is 2. The van der Waals surface area contributed by atoms with Gasteiger partial charge in [-0.1, -0.05) is 32.6 Å². The molecule has 0 amide bonds. The molecule has 3 N–H and O–H groups in total. The van der Waals surface area contributed by atoms with E-state index in [0.29, 0.717) is 0 Å². The summed E-state index contributed by atoms with van der Waals surface area (Å²) in [4.78, 5) is 48.6. The molecule has 10 nitrogen and oxygen atoms in total. The van der Waals surface area contributed by atoms with Crippen molar-refractivity contribution in [1.82, 2.24) is 9.55 Å². The van der Waals surface area contributed by atoms with Crippen LogP contribution in [0.2, 0.25) is 18.1 Å². The predicted octanol–water partition coefficient (Wildman–Crippen LogP) is 1.20. The number of hydrogen-bond acceptors (Lipinski definition) is 8. The monoisotopic (exact) mass is 519 g/mol. The molecule has 0 aliphatic carbocycles. The van der Waals surface area contributed by atoms with Crippen molar-refractivity contribution in [2.75, 3.05) is 6.61 Å². The smallest absolute Gasteiger partial charge is 0.452 e. The van der Waals surface area contributed by atoms with Gasteiger partial charge in [-0.05, 0) is 18.1 Å². The SMILES string of the molecule is CC(C)(C)[Si](C)(C)OC[C@H]1O[C@@H](n2cc(C#CC(N)C(=O)C(F)(F)F)c(=O)[nH]c2=O)C[C@@H]1OC=O. The number of nitrogens with zero attached hydrogens (tertiary/aromatic N) is 1. The molecular formula is C21H28F3N3O7Si. The van der Waals surface area contributed by atoms with Crippen LogP contribution in [0.25, 0.3) is 0 Å². The molecule has 194 valence electrons. The van der Waals surface area contributed by atoms with Crippen LogP contribution in [0.5, 0.6) is 0 Å². The number of carbonyl (C=O) groups is 2. The largest absolute Gasteiger partial charge is 0.462 e. The third kappa shape index (κ3) is 6.91. The number of rotatable bonds is 7. The standard InChI is InChI=1S/C21H28F3N3O7Si/c1-20(2,3)35(4,5)33-10-15-14(32-11-28)8-16(34-15)27-9-12(18(30)26-19(27)31)6-7-13(25)17(29)21(22,23)24/h9,11,13-16H,8,10,25H2,1-5H3,(H,26,30,31)/t13?,14-,15+,16+/m0/s1. The van der Waals surface area contributed by atoms with E-state index in [-0.39, 0.29) is 24.5 Å². The number of ketones is 1. The number of aromatic amines is 1. The molecule has 1 fully saturated rings. The highest BCUT2D eigenvalue weighted by Gasteiger charge is 2.43. The highest BCUT2D eigenvalue weighted by molar-refractivity contribution is 6.74. The molecule has 0 bridgehead atoms. The van der Waals surface area contributed by atoms with Crippen LogP contribution < -0.4 is 17.0 Å². The number of halogens is 3. The number of nitrogens with two attached hydrogens (primary N) is 1. The van der Waals surface area contributed by atoms with Crippen LogP contribution >= 0.6 is 0 Å². The number of H-pyrrole nitrogens is 1. The third-order valence-corrected chi connectivity index (χ3v) is 10.5. The lowest BCUT2D eigenvalue weighted by molar-refractivity contribution is -0.171. The zero-order chi connectivity index (χ0) is 26.8. The van der Waals surface area contributed by atoms with Gasteiger partial charge in [0.2, 0.25) is 0 Å². The van der Waals surface area contributed by atoms with Crippen LogP contribution in [0, 0.1) is 11.8 Å². The van der Waals surface area contributed by atoms with Gasteiger partial charge in [0.15, 0.2) is 8.32 Å². The van der Waals surface area contributed by atoms with Gasteiger partial charge in [0.25, 0.3) is 17.8 Å². The number of Topliss-reactive ketones (excluding diaryl/α,β-unsaturated/α-hetero) is 1. The lowest BCUT2D eigenvalue weighted by Crippen LogP contribution is -2.44. The highest BCUT2D eigenvalue weighted by atomic mass is 28.4. The summed E-state index contributed by atoms with van der Waals surface area (Å²) < 4.78 is 55.6. The lowest BCUT2D eigenvalue weighted by Gasteiger charge is -2.37. The Morgan fingerprint density at radius 1 is 1.37 bits per heavy atom. The Morgan fingerprint density at radius 2 is 2.00 bits per heavy atom. The van der Waals surface area contributed by atoms with Crippen LogP contribution in [0.3, 0.4) is 0 Å². The summed E-state index contributed by atoms with van der Waals surface area (Å²) in [5.41, 5.74) is 2.88. The van der Waals surface area contributed by atoms with E-state index in [9.17, 15) is 32.3 Å². The van der Waals surface area contributed by atoms with Gasteiger partial charge < -0.3 is 19.6 Å². The minimum atomic E-state index is -5.19. The molecule has 2 rings (SSSR count). The molecule has 1 unspecified atom stereocenters. The minimum absolute atomic E-state index is 0.0369. The minimum Gasteiger partial charge on any atom is -0.462 e. The highest BCUT2D eigenvalue weighted by Crippen LogP contribution is 2.38. The Hall–Kier alpha value is -2.73. The van der Waals surface area contributed by atoms with E-state index in [1.54, 1.807) is 0 Å². The summed E-state index contributed by atoms with van der Waals surface area (Å²) in [6.07, 6.45) is -6.64. The quantitative estimate of drug-likeness (QED) is 0.311. The van der Waals surface area contributed by atoms with E-state index in [4.69, 9.17) is 19.6 Å². The summed E-state index contributed by atoms with van der Waals surface area (Å²) in [6.45, 7) is 10.5. The fourth-order valence-electron chi connectivity index (χ4n) is 2.93. The summed E-state index contributed by atoms with van der Waals surface area (Å²) in [5, 5.41) is -0.0935. The fraction of sp³-hybridized carbons (Fsp3) is 0.619. The first-order valence-electron chi connectivity index (χ1n) is 10.6. The second-order valence-electron chi connectivity index (χ2n) is 9.53. The Labute approximate surface area is 200 Å². The number of ether oxygens (including phenoxy) is 2. The first kappa shape index (κ1) is 28.5. The zero-order valence-corrected chi connectivity index (χ0v) is 20.9. The van der Waals surface area contributed by atoms with Gasteiger partial charge in [-0.2, -0.15) is 13.2 Å². The average Bonchev–Trinajstić information content (AvgIpc) is 3.12. The van der Waals surface area contributed by atoms with Crippen molar-refractivity contribution in [1.29, 1.82) is 0 Å². The van der Waals surface area contributed by atoms with Crippen molar-refractivity contribution in [2.45, 2.75) is 76.0 Å². The van der Waals surface area contributed by atoms with Crippen molar-refractivity contribution < 1.29 is 36.7 Å². The molecule has 0 saturated carbocycles. The molecule has 35 heavy (non-hydrogen) atoms. The Morgan fingerprint density at radius 3 is 2.54 bits per heavy atom. The van der Waals surface area contributed by atoms with E-state index in [2.05, 4.69) is 5.92 Å². The average molecular weight is 520 g/mol. The summed E-state index contributed by atoms with van der Waals surface area (Å²) in [7, 11) is -2.18. The molecule has 1 aliphatic heterocycles. The first-order valence-corrected chi connectivity index (χ1v) is 13.5. The van der Waals surface area contributed by atoms with Crippen molar-refractivity contribution in [3.05, 3.63) is 32.6 Å². The van der Waals surface area contributed by atoms with Crippen molar-refractivity contribution in [3.8, 4) is 11.8 Å². The number of alkyl halides is 3. The fourth-order valence-corrected chi connectivity index (χ4v) is 3.94. The van der Waals surface area contributed by atoms with Gasteiger partial charge >= 0.3 is 11.9 Å². The van der Waals surface area contributed by atoms with Gasteiger partial charge in [0.1, 0.15) is 30.0 Å². The Kier molecular flexibility index (Phi) is 8.54. The number of carbonyl (C=O) groups excluding carboxylic acids is 2. The molecule has 0 radical (unpaired) electrons. The van der Waals surface area contributed by atoms with Crippen LogP contribution in [-0.2, 0) is 23.5 Å². The van der Waals surface area contributed by atoms with Gasteiger partial charge in [-0.15, -0.1) is 0 Å². The molecule has 14 heteroatoms. The number of nitrogens with one attached hydrogen (secondary N) is 1. The van der Waals surface area contributed by atoms with E-state index in [1.165, 1.54) is 0 Å². The molecule has 0 spiro atoms. The Bertz CT molecular complexity index is 1130.